The molecule has 0 N–H and O–H groups in total. The van der Waals surface area contributed by atoms with Gasteiger partial charge in [-0.2, -0.15) is 5.26 Å². The van der Waals surface area contributed by atoms with Crippen LogP contribution in [0.25, 0.3) is 10.9 Å². The Morgan fingerprint density at radius 1 is 1.45 bits per heavy atom. The Kier molecular flexibility index (Phi) is 4.70. The van der Waals surface area contributed by atoms with E-state index in [1.165, 1.54) is 11.8 Å². The Morgan fingerprint density at radius 2 is 2.20 bits per heavy atom. The second-order valence-corrected chi connectivity index (χ2v) is 5.29. The Morgan fingerprint density at radius 3 is 2.90 bits per heavy atom. The number of rotatable bonds is 5. The van der Waals surface area contributed by atoms with Crippen LogP contribution in [-0.2, 0) is 22.3 Å². The van der Waals surface area contributed by atoms with Gasteiger partial charge in [0.25, 0.3) is 0 Å². The van der Waals surface area contributed by atoms with Gasteiger partial charge in [0.15, 0.2) is 0 Å². The number of nitriles is 1. The average molecular weight is 288 g/mol. The summed E-state index contributed by atoms with van der Waals surface area (Å²) < 4.78 is 6.91. The van der Waals surface area contributed by atoms with E-state index in [4.69, 9.17) is 4.74 Å². The molecule has 1 heterocycles. The number of esters is 1. The zero-order valence-electron chi connectivity index (χ0n) is 11.5. The smallest absolute Gasteiger partial charge is 0.315 e. The summed E-state index contributed by atoms with van der Waals surface area (Å²) in [5.41, 5.74) is 2.68. The molecule has 0 bridgehead atoms. The molecular formula is C15H16N2O2S. The van der Waals surface area contributed by atoms with Crippen molar-refractivity contribution in [1.82, 2.24) is 4.57 Å². The molecule has 0 atom stereocenters. The largest absolute Gasteiger partial charge is 0.465 e. The molecule has 0 radical (unpaired) electrons. The molecular weight excluding hydrogens is 272 g/mol. The third kappa shape index (κ3) is 2.81. The molecule has 1 aromatic carbocycles. The summed E-state index contributed by atoms with van der Waals surface area (Å²) in [6, 6.07) is 10.1. The number of aromatic nitrogens is 1. The summed E-state index contributed by atoms with van der Waals surface area (Å²) in [6.45, 7) is 2.19. The van der Waals surface area contributed by atoms with Crippen LogP contribution in [0.5, 0.6) is 0 Å². The van der Waals surface area contributed by atoms with Crippen molar-refractivity contribution in [2.45, 2.75) is 12.7 Å². The molecule has 0 spiro atoms. The maximum Gasteiger partial charge on any atom is 0.315 e. The van der Waals surface area contributed by atoms with Crippen molar-refractivity contribution in [2.75, 3.05) is 12.4 Å². The third-order valence-electron chi connectivity index (χ3n) is 3.10. The normalized spacial score (nSPS) is 10.4. The molecule has 104 valence electrons. The van der Waals surface area contributed by atoms with Crippen molar-refractivity contribution in [3.63, 3.8) is 0 Å². The van der Waals surface area contributed by atoms with Gasteiger partial charge < -0.3 is 9.30 Å². The lowest BCUT2D eigenvalue weighted by atomic mass is 10.1. The predicted octanol–water partition coefficient (Wildman–Crippen LogP) is 2.85. The van der Waals surface area contributed by atoms with Crippen molar-refractivity contribution >= 4 is 28.6 Å². The maximum absolute atomic E-state index is 11.3. The second-order valence-electron chi connectivity index (χ2n) is 4.31. The Balaban J connectivity index is 2.20. The molecule has 5 heteroatoms. The quantitative estimate of drug-likeness (QED) is 0.794. The van der Waals surface area contributed by atoms with Crippen LogP contribution >= 0.6 is 11.8 Å². The number of thioether (sulfide) groups is 1. The lowest BCUT2D eigenvalue weighted by Crippen LogP contribution is -2.07. The van der Waals surface area contributed by atoms with E-state index in [9.17, 15) is 10.1 Å². The Hall–Kier alpha value is -1.93. The van der Waals surface area contributed by atoms with Gasteiger partial charge in [0.05, 0.1) is 17.9 Å². The van der Waals surface area contributed by atoms with Gasteiger partial charge in [0.2, 0.25) is 0 Å². The lowest BCUT2D eigenvalue weighted by molar-refractivity contribution is -0.139. The van der Waals surface area contributed by atoms with Crippen molar-refractivity contribution in [2.24, 2.45) is 7.05 Å². The second kappa shape index (κ2) is 6.49. The number of fused-ring (bicyclic) bond motifs is 1. The van der Waals surface area contributed by atoms with Crippen LogP contribution in [0.2, 0.25) is 0 Å². The minimum absolute atomic E-state index is 0.213. The van der Waals surface area contributed by atoms with E-state index < -0.39 is 0 Å². The van der Waals surface area contributed by atoms with E-state index >= 15 is 0 Å². The minimum Gasteiger partial charge on any atom is -0.465 e. The number of hydrogen-bond acceptors (Lipinski definition) is 4. The van der Waals surface area contributed by atoms with Gasteiger partial charge >= 0.3 is 5.97 Å². The molecule has 0 aliphatic rings. The molecule has 20 heavy (non-hydrogen) atoms. The summed E-state index contributed by atoms with van der Waals surface area (Å²) in [6.07, 6.45) is 0. The van der Waals surface area contributed by atoms with E-state index in [1.807, 2.05) is 35.9 Å². The number of carbonyl (C=O) groups excluding carboxylic acids is 1. The van der Waals surface area contributed by atoms with Gasteiger partial charge in [0, 0.05) is 29.4 Å². The molecule has 0 unspecified atom stereocenters. The van der Waals surface area contributed by atoms with Gasteiger partial charge in [-0.15, -0.1) is 11.8 Å². The number of nitrogens with zero attached hydrogens (tertiary/aromatic N) is 2. The van der Waals surface area contributed by atoms with E-state index in [0.29, 0.717) is 23.7 Å². The first-order chi connectivity index (χ1) is 9.69. The number of ether oxygens (including phenoxy) is 1. The first-order valence-corrected chi connectivity index (χ1v) is 7.54. The summed E-state index contributed by atoms with van der Waals surface area (Å²) in [7, 11) is 1.95. The molecule has 0 amide bonds. The monoisotopic (exact) mass is 288 g/mol. The fourth-order valence-corrected chi connectivity index (χ4v) is 3.06. The molecule has 2 aromatic rings. The van der Waals surface area contributed by atoms with Gasteiger partial charge in [-0.05, 0) is 13.0 Å². The Bertz CT molecular complexity index is 670. The molecule has 0 fully saturated rings. The SMILES string of the molecule is CCOC(=O)CSCc1c(C#N)c2ccccc2n1C. The minimum atomic E-state index is -0.213. The first kappa shape index (κ1) is 14.5. The van der Waals surface area contributed by atoms with Gasteiger partial charge in [0.1, 0.15) is 6.07 Å². The highest BCUT2D eigenvalue weighted by molar-refractivity contribution is 7.99. The first-order valence-electron chi connectivity index (χ1n) is 6.38. The summed E-state index contributed by atoms with van der Waals surface area (Å²) >= 11 is 1.47. The predicted molar refractivity (Wildman–Crippen MR) is 80.4 cm³/mol. The van der Waals surface area contributed by atoms with Crippen LogP contribution in [0, 0.1) is 11.3 Å². The molecule has 4 nitrogen and oxygen atoms in total. The number of carbonyl (C=O) groups is 1. The van der Waals surface area contributed by atoms with Gasteiger partial charge in [-0.25, -0.2) is 0 Å². The highest BCUT2D eigenvalue weighted by Gasteiger charge is 2.14. The van der Waals surface area contributed by atoms with Crippen molar-refractivity contribution in [3.05, 3.63) is 35.5 Å². The van der Waals surface area contributed by atoms with Crippen LogP contribution in [0.3, 0.4) is 0 Å². The number of hydrogen-bond donors (Lipinski definition) is 0. The van der Waals surface area contributed by atoms with Crippen LogP contribution in [0.4, 0.5) is 0 Å². The zero-order valence-corrected chi connectivity index (χ0v) is 12.4. The molecule has 1 aromatic heterocycles. The molecule has 0 saturated heterocycles. The topological polar surface area (TPSA) is 55.0 Å². The van der Waals surface area contributed by atoms with E-state index in [2.05, 4.69) is 6.07 Å². The standard InChI is InChI=1S/C15H16N2O2S/c1-3-19-15(18)10-20-9-14-12(8-16)11-6-4-5-7-13(11)17(14)2/h4-7H,3,9-10H2,1-2H3. The van der Waals surface area contributed by atoms with Crippen LogP contribution in [-0.4, -0.2) is 22.9 Å². The summed E-state index contributed by atoms with van der Waals surface area (Å²) in [5, 5.41) is 10.3. The summed E-state index contributed by atoms with van der Waals surface area (Å²) in [5.74, 6) is 0.711. The average Bonchev–Trinajstić information content (AvgIpc) is 2.72. The van der Waals surface area contributed by atoms with E-state index in [0.717, 1.165) is 16.6 Å². The highest BCUT2D eigenvalue weighted by Crippen LogP contribution is 2.27. The van der Waals surface area contributed by atoms with Gasteiger partial charge in [-0.3, -0.25) is 4.79 Å². The number of aryl methyl sites for hydroxylation is 1. The van der Waals surface area contributed by atoms with E-state index in [1.54, 1.807) is 6.92 Å². The van der Waals surface area contributed by atoms with Crippen molar-refractivity contribution in [1.29, 1.82) is 5.26 Å². The molecule has 0 saturated carbocycles. The fraction of sp³-hybridized carbons (Fsp3) is 0.333. The number of benzene rings is 1. The van der Waals surface area contributed by atoms with Gasteiger partial charge in [-0.1, -0.05) is 18.2 Å². The van der Waals surface area contributed by atoms with Crippen molar-refractivity contribution in [3.8, 4) is 6.07 Å². The fourth-order valence-electron chi connectivity index (χ4n) is 2.17. The maximum atomic E-state index is 11.3. The van der Waals surface area contributed by atoms with E-state index in [-0.39, 0.29) is 5.97 Å². The number of para-hydroxylation sites is 1. The van der Waals surface area contributed by atoms with Crippen LogP contribution in [0.1, 0.15) is 18.2 Å². The summed E-state index contributed by atoms with van der Waals surface area (Å²) in [4.78, 5) is 11.3. The third-order valence-corrected chi connectivity index (χ3v) is 4.02. The highest BCUT2D eigenvalue weighted by atomic mass is 32.2. The Labute approximate surface area is 122 Å². The van der Waals surface area contributed by atoms with Crippen LogP contribution < -0.4 is 0 Å². The molecule has 0 aliphatic heterocycles. The van der Waals surface area contributed by atoms with Crippen molar-refractivity contribution < 1.29 is 9.53 Å². The zero-order chi connectivity index (χ0) is 14.5. The molecule has 2 rings (SSSR count). The van der Waals surface area contributed by atoms with Crippen LogP contribution in [0.15, 0.2) is 24.3 Å². The molecule has 0 aliphatic carbocycles. The lowest BCUT2D eigenvalue weighted by Gasteiger charge is -2.05.